The van der Waals surface area contributed by atoms with Crippen LogP contribution in [0.2, 0.25) is 0 Å². The number of hydrogen-bond acceptors (Lipinski definition) is 3. The van der Waals surface area contributed by atoms with Gasteiger partial charge in [-0.3, -0.25) is 0 Å². The molecule has 4 nitrogen and oxygen atoms in total. The van der Waals surface area contributed by atoms with Gasteiger partial charge in [0.2, 0.25) is 0 Å². The van der Waals surface area contributed by atoms with E-state index in [4.69, 9.17) is 4.74 Å². The summed E-state index contributed by atoms with van der Waals surface area (Å²) in [5.41, 5.74) is 2.64. The molecule has 2 heterocycles. The summed E-state index contributed by atoms with van der Waals surface area (Å²) in [5.74, 6) is 1.60. The lowest BCUT2D eigenvalue weighted by Crippen LogP contribution is -1.86. The molecule has 1 aromatic carbocycles. The van der Waals surface area contributed by atoms with Gasteiger partial charge in [0.1, 0.15) is 11.6 Å². The van der Waals surface area contributed by atoms with E-state index < -0.39 is 0 Å². The van der Waals surface area contributed by atoms with Crippen LogP contribution in [0.4, 0.5) is 0 Å². The lowest BCUT2D eigenvalue weighted by molar-refractivity contribution is 0.412. The van der Waals surface area contributed by atoms with Crippen LogP contribution in [0.25, 0.3) is 22.6 Å². The number of benzene rings is 1. The van der Waals surface area contributed by atoms with Crippen molar-refractivity contribution in [2.75, 3.05) is 7.11 Å². The average Bonchev–Trinajstić information content (AvgIpc) is 2.82. The fraction of sp³-hybridized carbons (Fsp3) is 0.0769. The molecule has 5 heteroatoms. The van der Waals surface area contributed by atoms with E-state index in [9.17, 15) is 0 Å². The number of aromatic amines is 1. The van der Waals surface area contributed by atoms with Gasteiger partial charge in [0.05, 0.1) is 17.1 Å². The van der Waals surface area contributed by atoms with Gasteiger partial charge in [-0.1, -0.05) is 0 Å². The van der Waals surface area contributed by atoms with E-state index in [0.29, 0.717) is 0 Å². The second kappa shape index (κ2) is 4.42. The van der Waals surface area contributed by atoms with Crippen LogP contribution in [0.3, 0.4) is 0 Å². The number of ether oxygens (including phenoxy) is 1. The first-order valence-electron chi connectivity index (χ1n) is 5.42. The Morgan fingerprint density at radius 2 is 2.17 bits per heavy atom. The Balaban J connectivity index is 2.11. The van der Waals surface area contributed by atoms with Gasteiger partial charge in [0.25, 0.3) is 0 Å². The van der Waals surface area contributed by atoms with Crippen molar-refractivity contribution in [3.63, 3.8) is 0 Å². The fourth-order valence-electron chi connectivity index (χ4n) is 1.80. The van der Waals surface area contributed by atoms with Crippen LogP contribution >= 0.6 is 15.9 Å². The molecule has 1 N–H and O–H groups in total. The summed E-state index contributed by atoms with van der Waals surface area (Å²) in [6.07, 6.45) is 1.73. The van der Waals surface area contributed by atoms with Crippen molar-refractivity contribution in [3.8, 4) is 17.1 Å². The molecule has 0 saturated carbocycles. The van der Waals surface area contributed by atoms with Crippen molar-refractivity contribution in [3.05, 3.63) is 41.0 Å². The van der Waals surface area contributed by atoms with Crippen molar-refractivity contribution in [1.29, 1.82) is 0 Å². The molecule has 0 radical (unpaired) electrons. The Bertz CT molecular complexity index is 675. The highest BCUT2D eigenvalue weighted by Gasteiger charge is 2.08. The van der Waals surface area contributed by atoms with Crippen LogP contribution in [0.5, 0.6) is 5.75 Å². The van der Waals surface area contributed by atoms with Gasteiger partial charge in [0.15, 0.2) is 5.65 Å². The SMILES string of the molecule is COc1ccc(-c2nc3ncccc3[nH]2)cc1Br. The first kappa shape index (κ1) is 11.2. The smallest absolute Gasteiger partial charge is 0.178 e. The second-order valence-electron chi connectivity index (χ2n) is 3.81. The average molecular weight is 304 g/mol. The van der Waals surface area contributed by atoms with Crippen molar-refractivity contribution in [1.82, 2.24) is 15.0 Å². The highest BCUT2D eigenvalue weighted by atomic mass is 79.9. The summed E-state index contributed by atoms with van der Waals surface area (Å²) >= 11 is 3.47. The first-order valence-corrected chi connectivity index (χ1v) is 6.22. The number of fused-ring (bicyclic) bond motifs is 1. The maximum Gasteiger partial charge on any atom is 0.178 e. The lowest BCUT2D eigenvalue weighted by Gasteiger charge is -2.04. The Hall–Kier alpha value is -1.88. The summed E-state index contributed by atoms with van der Waals surface area (Å²) in [5, 5.41) is 0. The van der Waals surface area contributed by atoms with E-state index in [1.807, 2.05) is 30.3 Å². The molecule has 18 heavy (non-hydrogen) atoms. The summed E-state index contributed by atoms with van der Waals surface area (Å²) in [6.45, 7) is 0. The molecule has 3 aromatic rings. The number of nitrogens with zero attached hydrogens (tertiary/aromatic N) is 2. The summed E-state index contributed by atoms with van der Waals surface area (Å²) in [7, 11) is 1.64. The maximum absolute atomic E-state index is 5.20. The predicted molar refractivity (Wildman–Crippen MR) is 73.6 cm³/mol. The number of nitrogens with one attached hydrogen (secondary N) is 1. The molecule has 0 spiro atoms. The zero-order valence-electron chi connectivity index (χ0n) is 9.64. The molecule has 0 saturated heterocycles. The highest BCUT2D eigenvalue weighted by Crippen LogP contribution is 2.29. The van der Waals surface area contributed by atoms with E-state index >= 15 is 0 Å². The van der Waals surface area contributed by atoms with Crippen LogP contribution in [0, 0.1) is 0 Å². The van der Waals surface area contributed by atoms with Gasteiger partial charge in [-0.25, -0.2) is 9.97 Å². The Morgan fingerprint density at radius 1 is 1.28 bits per heavy atom. The molecular formula is C13H10BrN3O. The predicted octanol–water partition coefficient (Wildman–Crippen LogP) is 3.40. The summed E-state index contributed by atoms with van der Waals surface area (Å²) in [4.78, 5) is 11.9. The molecule has 2 aromatic heterocycles. The minimum Gasteiger partial charge on any atom is -0.496 e. The van der Waals surface area contributed by atoms with Crippen molar-refractivity contribution in [2.24, 2.45) is 0 Å². The van der Waals surface area contributed by atoms with E-state index in [1.54, 1.807) is 13.3 Å². The molecule has 3 rings (SSSR count). The first-order chi connectivity index (χ1) is 8.78. The van der Waals surface area contributed by atoms with Crippen LogP contribution in [0.1, 0.15) is 0 Å². The number of pyridine rings is 1. The zero-order chi connectivity index (χ0) is 12.5. The largest absolute Gasteiger partial charge is 0.496 e. The van der Waals surface area contributed by atoms with E-state index in [0.717, 1.165) is 32.8 Å². The standard InChI is InChI=1S/C13H10BrN3O/c1-18-11-5-4-8(7-9(11)14)12-16-10-3-2-6-15-13(10)17-12/h2-7H,1H3,(H,15,16,17). The van der Waals surface area contributed by atoms with E-state index in [2.05, 4.69) is 30.9 Å². The molecule has 90 valence electrons. The van der Waals surface area contributed by atoms with Gasteiger partial charge < -0.3 is 9.72 Å². The van der Waals surface area contributed by atoms with Gasteiger partial charge in [-0.2, -0.15) is 0 Å². The molecule has 0 fully saturated rings. The van der Waals surface area contributed by atoms with Crippen LogP contribution in [0.15, 0.2) is 41.0 Å². The molecule has 0 amide bonds. The number of aromatic nitrogens is 3. The van der Waals surface area contributed by atoms with E-state index in [-0.39, 0.29) is 0 Å². The quantitative estimate of drug-likeness (QED) is 0.789. The highest BCUT2D eigenvalue weighted by molar-refractivity contribution is 9.10. The topological polar surface area (TPSA) is 50.8 Å². The minimum atomic E-state index is 0.722. The second-order valence-corrected chi connectivity index (χ2v) is 4.66. The molecular weight excluding hydrogens is 294 g/mol. The normalized spacial score (nSPS) is 10.8. The third kappa shape index (κ3) is 1.86. The Kier molecular flexibility index (Phi) is 2.76. The van der Waals surface area contributed by atoms with Gasteiger partial charge in [-0.15, -0.1) is 0 Å². The fourth-order valence-corrected chi connectivity index (χ4v) is 2.34. The molecule has 0 aliphatic rings. The zero-order valence-corrected chi connectivity index (χ0v) is 11.2. The molecule has 0 aliphatic heterocycles. The van der Waals surface area contributed by atoms with Crippen LogP contribution in [-0.2, 0) is 0 Å². The summed E-state index contributed by atoms with van der Waals surface area (Å²) < 4.78 is 6.10. The third-order valence-corrected chi connectivity index (χ3v) is 3.30. The van der Waals surface area contributed by atoms with E-state index in [1.165, 1.54) is 0 Å². The number of imidazole rings is 1. The Labute approximate surface area is 112 Å². The van der Waals surface area contributed by atoms with Crippen molar-refractivity contribution >= 4 is 27.1 Å². The maximum atomic E-state index is 5.20. The lowest BCUT2D eigenvalue weighted by atomic mass is 10.2. The third-order valence-electron chi connectivity index (χ3n) is 2.68. The molecule has 0 bridgehead atoms. The molecule has 0 atom stereocenters. The van der Waals surface area contributed by atoms with Gasteiger partial charge in [0, 0.05) is 11.8 Å². The molecule has 0 aliphatic carbocycles. The number of rotatable bonds is 2. The van der Waals surface area contributed by atoms with Crippen LogP contribution < -0.4 is 4.74 Å². The van der Waals surface area contributed by atoms with Crippen LogP contribution in [-0.4, -0.2) is 22.1 Å². The number of H-pyrrole nitrogens is 1. The summed E-state index contributed by atoms with van der Waals surface area (Å²) in [6, 6.07) is 9.67. The van der Waals surface area contributed by atoms with Gasteiger partial charge >= 0.3 is 0 Å². The number of methoxy groups -OCH3 is 1. The van der Waals surface area contributed by atoms with Crippen molar-refractivity contribution in [2.45, 2.75) is 0 Å². The minimum absolute atomic E-state index is 0.722. The van der Waals surface area contributed by atoms with Crippen molar-refractivity contribution < 1.29 is 4.74 Å². The monoisotopic (exact) mass is 303 g/mol. The molecule has 0 unspecified atom stereocenters. The number of hydrogen-bond donors (Lipinski definition) is 1. The number of halogens is 1. The Morgan fingerprint density at radius 3 is 2.89 bits per heavy atom. The van der Waals surface area contributed by atoms with Gasteiger partial charge in [-0.05, 0) is 46.3 Å².